The van der Waals surface area contributed by atoms with Gasteiger partial charge >= 0.3 is 5.97 Å². The summed E-state index contributed by atoms with van der Waals surface area (Å²) in [4.78, 5) is 12.4. The van der Waals surface area contributed by atoms with Gasteiger partial charge < -0.3 is 19.3 Å². The van der Waals surface area contributed by atoms with Gasteiger partial charge in [-0.25, -0.2) is 4.79 Å². The van der Waals surface area contributed by atoms with Crippen molar-refractivity contribution in [1.82, 2.24) is 0 Å². The van der Waals surface area contributed by atoms with E-state index in [0.717, 1.165) is 5.56 Å². The van der Waals surface area contributed by atoms with E-state index in [4.69, 9.17) is 14.2 Å². The van der Waals surface area contributed by atoms with Crippen LogP contribution in [-0.4, -0.2) is 41.8 Å². The zero-order valence-electron chi connectivity index (χ0n) is 13.8. The first-order valence-corrected chi connectivity index (χ1v) is 7.56. The number of benzene rings is 1. The van der Waals surface area contributed by atoms with E-state index in [0.29, 0.717) is 6.42 Å². The van der Waals surface area contributed by atoms with Crippen molar-refractivity contribution in [3.8, 4) is 11.8 Å². The minimum absolute atomic E-state index is 0.475. The number of ether oxygens (including phenoxy) is 3. The number of aliphatic hydroxyl groups is 1. The van der Waals surface area contributed by atoms with Crippen molar-refractivity contribution in [2.24, 2.45) is 0 Å². The molecule has 0 spiro atoms. The molecular weight excluding hydrogens is 296 g/mol. The third-order valence-corrected chi connectivity index (χ3v) is 3.73. The van der Waals surface area contributed by atoms with E-state index >= 15 is 0 Å². The summed E-state index contributed by atoms with van der Waals surface area (Å²) in [7, 11) is 1.25. The van der Waals surface area contributed by atoms with Crippen LogP contribution in [0.25, 0.3) is 0 Å². The van der Waals surface area contributed by atoms with Gasteiger partial charge in [-0.15, -0.1) is 0 Å². The van der Waals surface area contributed by atoms with Gasteiger partial charge in [0.2, 0.25) is 5.60 Å². The number of hydrogen-bond acceptors (Lipinski definition) is 5. The Morgan fingerprint density at radius 1 is 1.39 bits per heavy atom. The summed E-state index contributed by atoms with van der Waals surface area (Å²) in [5.74, 6) is 3.85. The molecule has 124 valence electrons. The summed E-state index contributed by atoms with van der Waals surface area (Å²) in [5, 5.41) is 10.6. The number of aliphatic hydroxyl groups excluding tert-OH is 1. The Morgan fingerprint density at radius 2 is 2.04 bits per heavy atom. The summed E-state index contributed by atoms with van der Waals surface area (Å²) in [6, 6.07) is 9.20. The lowest BCUT2D eigenvalue weighted by Gasteiger charge is -2.31. The van der Waals surface area contributed by atoms with Gasteiger partial charge in [-0.2, -0.15) is 0 Å². The summed E-state index contributed by atoms with van der Waals surface area (Å²) in [6.07, 6.45) is -1.55. The molecule has 0 radical (unpaired) electrons. The average Bonchev–Trinajstić information content (AvgIpc) is 2.84. The lowest BCUT2D eigenvalue weighted by molar-refractivity contribution is -0.199. The normalized spacial score (nSPS) is 26.9. The second-order valence-electron chi connectivity index (χ2n) is 5.84. The Hall–Kier alpha value is -1.87. The van der Waals surface area contributed by atoms with Crippen LogP contribution in [-0.2, 0) is 19.0 Å². The van der Waals surface area contributed by atoms with Gasteiger partial charge in [0.05, 0.1) is 7.11 Å². The Balaban J connectivity index is 2.39. The first kappa shape index (κ1) is 17.5. The topological polar surface area (TPSA) is 65.0 Å². The Morgan fingerprint density at radius 3 is 2.61 bits per heavy atom. The third kappa shape index (κ3) is 3.40. The van der Waals surface area contributed by atoms with Crippen LogP contribution in [0, 0.1) is 11.8 Å². The number of rotatable bonds is 3. The number of carbonyl (C=O) groups is 1. The molecule has 0 amide bonds. The molecule has 5 heteroatoms. The minimum atomic E-state index is -1.66. The van der Waals surface area contributed by atoms with Crippen molar-refractivity contribution in [3.63, 3.8) is 0 Å². The SMILES string of the molecule is CC[C@@H]1OC(C)(C)O[C@@]1(C(=O)OC)[C@@H](O)C#Cc1ccccc1. The minimum Gasteiger partial charge on any atom is -0.467 e. The Kier molecular flexibility index (Phi) is 5.10. The molecule has 0 unspecified atom stereocenters. The molecule has 3 atom stereocenters. The van der Waals surface area contributed by atoms with Crippen molar-refractivity contribution >= 4 is 5.97 Å². The summed E-state index contributed by atoms with van der Waals surface area (Å²) < 4.78 is 16.4. The van der Waals surface area contributed by atoms with Gasteiger partial charge in [-0.05, 0) is 32.4 Å². The van der Waals surface area contributed by atoms with Gasteiger partial charge in [0.1, 0.15) is 6.10 Å². The molecule has 0 aromatic heterocycles. The van der Waals surface area contributed by atoms with Crippen LogP contribution >= 0.6 is 0 Å². The molecule has 1 saturated heterocycles. The third-order valence-electron chi connectivity index (χ3n) is 3.73. The molecule has 1 aliphatic rings. The van der Waals surface area contributed by atoms with Crippen LogP contribution < -0.4 is 0 Å². The van der Waals surface area contributed by atoms with E-state index in [2.05, 4.69) is 11.8 Å². The lowest BCUT2D eigenvalue weighted by Crippen LogP contribution is -2.57. The van der Waals surface area contributed by atoms with Gasteiger partial charge in [-0.1, -0.05) is 37.0 Å². The molecule has 2 rings (SSSR count). The van der Waals surface area contributed by atoms with Gasteiger partial charge in [0.25, 0.3) is 0 Å². The molecule has 1 aromatic carbocycles. The fourth-order valence-corrected chi connectivity index (χ4v) is 2.77. The lowest BCUT2D eigenvalue weighted by atomic mass is 9.88. The summed E-state index contributed by atoms with van der Waals surface area (Å²) in [5.41, 5.74) is -0.924. The first-order chi connectivity index (χ1) is 10.9. The summed E-state index contributed by atoms with van der Waals surface area (Å²) in [6.45, 7) is 5.24. The highest BCUT2D eigenvalue weighted by atomic mass is 16.8. The zero-order valence-corrected chi connectivity index (χ0v) is 13.8. The molecule has 0 bridgehead atoms. The van der Waals surface area contributed by atoms with Crippen LogP contribution in [0.4, 0.5) is 0 Å². The predicted octanol–water partition coefficient (Wildman–Crippen LogP) is 1.87. The molecule has 5 nitrogen and oxygen atoms in total. The summed E-state index contributed by atoms with van der Waals surface area (Å²) >= 11 is 0. The molecule has 23 heavy (non-hydrogen) atoms. The molecule has 1 fully saturated rings. The molecule has 1 aromatic rings. The van der Waals surface area contributed by atoms with Gasteiger partial charge in [-0.3, -0.25) is 0 Å². The van der Waals surface area contributed by atoms with Gasteiger partial charge in [0.15, 0.2) is 11.9 Å². The van der Waals surface area contributed by atoms with E-state index in [1.807, 2.05) is 37.3 Å². The highest BCUT2D eigenvalue weighted by Gasteiger charge is 2.62. The van der Waals surface area contributed by atoms with Crippen molar-refractivity contribution < 1.29 is 24.1 Å². The Bertz CT molecular complexity index is 613. The highest BCUT2D eigenvalue weighted by Crippen LogP contribution is 2.41. The van der Waals surface area contributed by atoms with Crippen molar-refractivity contribution in [2.75, 3.05) is 7.11 Å². The van der Waals surface area contributed by atoms with Crippen LogP contribution in [0.3, 0.4) is 0 Å². The Labute approximate surface area is 136 Å². The quantitative estimate of drug-likeness (QED) is 0.681. The molecule has 0 aliphatic carbocycles. The first-order valence-electron chi connectivity index (χ1n) is 7.56. The fourth-order valence-electron chi connectivity index (χ4n) is 2.77. The molecule has 0 saturated carbocycles. The average molecular weight is 318 g/mol. The standard InChI is InChI=1S/C18H22O5/c1-5-15-18(16(20)21-4,23-17(2,3)22-15)14(19)12-11-13-9-7-6-8-10-13/h6-10,14-15,19H,5H2,1-4H3/t14-,15-,18-/m0/s1. The molecule has 1 N–H and O–H groups in total. The van der Waals surface area contributed by atoms with Crippen molar-refractivity contribution in [1.29, 1.82) is 0 Å². The second kappa shape index (κ2) is 6.71. The van der Waals surface area contributed by atoms with Gasteiger partial charge in [0, 0.05) is 5.56 Å². The number of esters is 1. The highest BCUT2D eigenvalue weighted by molar-refractivity contribution is 5.82. The van der Waals surface area contributed by atoms with Crippen LogP contribution in [0.5, 0.6) is 0 Å². The maximum Gasteiger partial charge on any atom is 0.344 e. The maximum absolute atomic E-state index is 12.4. The van der Waals surface area contributed by atoms with Crippen LogP contribution in [0.1, 0.15) is 32.8 Å². The monoisotopic (exact) mass is 318 g/mol. The fraction of sp³-hybridized carbons (Fsp3) is 0.500. The van der Waals surface area contributed by atoms with E-state index in [9.17, 15) is 9.90 Å². The number of methoxy groups -OCH3 is 1. The smallest absolute Gasteiger partial charge is 0.344 e. The molecule has 1 heterocycles. The van der Waals surface area contributed by atoms with Crippen molar-refractivity contribution in [2.45, 2.75) is 50.8 Å². The predicted molar refractivity (Wildman–Crippen MR) is 84.4 cm³/mol. The van der Waals surface area contributed by atoms with E-state index in [1.165, 1.54) is 7.11 Å². The zero-order chi connectivity index (χ0) is 17.1. The largest absolute Gasteiger partial charge is 0.467 e. The number of carbonyl (C=O) groups excluding carboxylic acids is 1. The second-order valence-corrected chi connectivity index (χ2v) is 5.84. The molecule has 1 aliphatic heterocycles. The van der Waals surface area contributed by atoms with E-state index in [1.54, 1.807) is 13.8 Å². The number of hydrogen-bond donors (Lipinski definition) is 1. The van der Waals surface area contributed by atoms with Crippen LogP contribution in [0.2, 0.25) is 0 Å². The van der Waals surface area contributed by atoms with Crippen LogP contribution in [0.15, 0.2) is 30.3 Å². The van der Waals surface area contributed by atoms with Crippen molar-refractivity contribution in [3.05, 3.63) is 35.9 Å². The van der Waals surface area contributed by atoms with E-state index < -0.39 is 29.6 Å². The van der Waals surface area contributed by atoms with E-state index in [-0.39, 0.29) is 0 Å². The maximum atomic E-state index is 12.4. The molecular formula is C18H22O5.